The van der Waals surface area contributed by atoms with E-state index >= 15 is 0 Å². The van der Waals surface area contributed by atoms with Crippen molar-refractivity contribution in [2.75, 3.05) is 24.7 Å². The minimum Gasteiger partial charge on any atom is -0.447 e. The van der Waals surface area contributed by atoms with E-state index in [1.807, 2.05) is 38.1 Å². The maximum absolute atomic E-state index is 11.6. The van der Waals surface area contributed by atoms with Gasteiger partial charge in [-0.25, -0.2) is 4.79 Å². The number of cyclic esters (lactones) is 1. The number of hydrogen-bond donors (Lipinski definition) is 2. The number of carbonyl (C=O) groups excluding carboxylic acids is 1. The van der Waals surface area contributed by atoms with Gasteiger partial charge in [0.25, 0.3) is 0 Å². The number of aliphatic hydroxyl groups excluding tert-OH is 1. The van der Waals surface area contributed by atoms with Crippen LogP contribution in [0.4, 0.5) is 10.5 Å². The third-order valence-corrected chi connectivity index (χ3v) is 5.86. The first-order valence-corrected chi connectivity index (χ1v) is 9.83. The molecule has 2 aliphatic heterocycles. The second-order valence-electron chi connectivity index (χ2n) is 8.23. The van der Waals surface area contributed by atoms with Crippen LogP contribution >= 0.6 is 0 Å². The van der Waals surface area contributed by atoms with Crippen molar-refractivity contribution in [2.45, 2.75) is 57.8 Å². The molecule has 0 radical (unpaired) electrons. The van der Waals surface area contributed by atoms with Crippen molar-refractivity contribution in [3.05, 3.63) is 29.8 Å². The zero-order valence-electron chi connectivity index (χ0n) is 16.4. The summed E-state index contributed by atoms with van der Waals surface area (Å²) in [6.07, 6.45) is 1.94. The van der Waals surface area contributed by atoms with Gasteiger partial charge in [0.15, 0.2) is 0 Å². The Morgan fingerprint density at radius 2 is 1.89 bits per heavy atom. The van der Waals surface area contributed by atoms with Crippen LogP contribution < -0.4 is 4.90 Å². The Morgan fingerprint density at radius 3 is 2.44 bits per heavy atom. The summed E-state index contributed by atoms with van der Waals surface area (Å²) in [5.41, 5.74) is 1.21. The van der Waals surface area contributed by atoms with Crippen LogP contribution in [0.15, 0.2) is 24.3 Å². The monoisotopic (exact) mass is 377 g/mol. The quantitative estimate of drug-likeness (QED) is 0.764. The first kappa shape index (κ1) is 20.1. The Bertz CT molecular complexity index is 639. The molecule has 0 spiro atoms. The minimum atomic E-state index is -0.833. The van der Waals surface area contributed by atoms with Crippen LogP contribution in [0.3, 0.4) is 0 Å². The first-order valence-electron chi connectivity index (χ1n) is 9.83. The summed E-state index contributed by atoms with van der Waals surface area (Å²) in [7, 11) is 0. The Kier molecular flexibility index (Phi) is 6.08. The molecule has 2 heterocycles. The summed E-state index contributed by atoms with van der Waals surface area (Å²) in [5.74, 6) is 0.235. The van der Waals surface area contributed by atoms with E-state index < -0.39 is 5.60 Å². The van der Waals surface area contributed by atoms with Gasteiger partial charge < -0.3 is 19.7 Å². The molecule has 1 aromatic carbocycles. The summed E-state index contributed by atoms with van der Waals surface area (Å²) in [4.78, 5) is 13.3. The predicted molar refractivity (Wildman–Crippen MR) is 103 cm³/mol. The standard InChI is InChI=1S/C21H31NO5/c1-14-17(27-18(10-12-23)19(14)21(2,3)25)9-6-15-4-7-16(8-5-15)22-11-13-26-20(22)24/h4-5,7-8,14,17-19,23,25H,6,9-13H2,1-3H3/t14-,17+,18-,19+/m0/s1. The molecule has 0 aromatic heterocycles. The number of anilines is 1. The molecule has 2 aliphatic rings. The van der Waals surface area contributed by atoms with E-state index in [4.69, 9.17) is 9.47 Å². The molecular formula is C21H31NO5. The number of aliphatic hydroxyl groups is 2. The van der Waals surface area contributed by atoms with Gasteiger partial charge in [-0.05, 0) is 56.7 Å². The maximum Gasteiger partial charge on any atom is 0.414 e. The lowest BCUT2D eigenvalue weighted by Crippen LogP contribution is -2.40. The highest BCUT2D eigenvalue weighted by Crippen LogP contribution is 2.42. The van der Waals surface area contributed by atoms with Crippen molar-refractivity contribution in [2.24, 2.45) is 11.8 Å². The number of amides is 1. The highest BCUT2D eigenvalue weighted by atomic mass is 16.6. The second-order valence-corrected chi connectivity index (χ2v) is 8.23. The Hall–Kier alpha value is -1.63. The van der Waals surface area contributed by atoms with Gasteiger partial charge in [0.1, 0.15) is 6.61 Å². The molecule has 0 saturated carbocycles. The lowest BCUT2D eigenvalue weighted by Gasteiger charge is -2.32. The van der Waals surface area contributed by atoms with Crippen LogP contribution in [0.25, 0.3) is 0 Å². The molecule has 2 N–H and O–H groups in total. The lowest BCUT2D eigenvalue weighted by atomic mass is 9.76. The van der Waals surface area contributed by atoms with Gasteiger partial charge in [-0.2, -0.15) is 0 Å². The molecule has 6 nitrogen and oxygen atoms in total. The Balaban J connectivity index is 1.60. The number of aryl methyl sites for hydroxylation is 1. The van der Waals surface area contributed by atoms with E-state index in [0.29, 0.717) is 19.6 Å². The molecule has 2 fully saturated rings. The molecule has 1 amide bonds. The van der Waals surface area contributed by atoms with Gasteiger partial charge in [-0.15, -0.1) is 0 Å². The fraction of sp³-hybridized carbons (Fsp3) is 0.667. The van der Waals surface area contributed by atoms with E-state index in [1.165, 1.54) is 5.56 Å². The molecule has 6 heteroatoms. The highest BCUT2D eigenvalue weighted by Gasteiger charge is 2.47. The molecule has 0 bridgehead atoms. The predicted octanol–water partition coefficient (Wildman–Crippen LogP) is 2.75. The fourth-order valence-electron chi connectivity index (χ4n) is 4.59. The molecule has 4 atom stereocenters. The van der Waals surface area contributed by atoms with E-state index in [1.54, 1.807) is 4.90 Å². The normalized spacial score (nSPS) is 28.6. The van der Waals surface area contributed by atoms with Gasteiger partial charge >= 0.3 is 6.09 Å². The molecule has 27 heavy (non-hydrogen) atoms. The fourth-order valence-corrected chi connectivity index (χ4v) is 4.59. The number of rotatable bonds is 7. The molecule has 2 saturated heterocycles. The van der Waals surface area contributed by atoms with Crippen molar-refractivity contribution in [3.63, 3.8) is 0 Å². The van der Waals surface area contributed by atoms with Crippen LogP contribution in [-0.4, -0.2) is 53.9 Å². The zero-order chi connectivity index (χ0) is 19.6. The van der Waals surface area contributed by atoms with Crippen LogP contribution in [-0.2, 0) is 15.9 Å². The van der Waals surface area contributed by atoms with Crippen LogP contribution in [0, 0.1) is 11.8 Å². The van der Waals surface area contributed by atoms with Gasteiger partial charge in [0.2, 0.25) is 0 Å². The van der Waals surface area contributed by atoms with Gasteiger partial charge in [0, 0.05) is 18.2 Å². The number of ether oxygens (including phenoxy) is 2. The molecule has 3 rings (SSSR count). The lowest BCUT2D eigenvalue weighted by molar-refractivity contribution is -0.0424. The molecule has 1 aromatic rings. The summed E-state index contributed by atoms with van der Waals surface area (Å²) >= 11 is 0. The van der Waals surface area contributed by atoms with Crippen molar-refractivity contribution in [1.29, 1.82) is 0 Å². The molecular weight excluding hydrogens is 346 g/mol. The number of carbonyl (C=O) groups is 1. The third kappa shape index (κ3) is 4.45. The number of hydrogen-bond acceptors (Lipinski definition) is 5. The molecule has 0 unspecified atom stereocenters. The van der Waals surface area contributed by atoms with E-state index in [9.17, 15) is 15.0 Å². The smallest absolute Gasteiger partial charge is 0.414 e. The third-order valence-electron chi connectivity index (χ3n) is 5.86. The van der Waals surface area contributed by atoms with Crippen molar-refractivity contribution in [3.8, 4) is 0 Å². The largest absolute Gasteiger partial charge is 0.447 e. The molecule has 150 valence electrons. The average molecular weight is 377 g/mol. The van der Waals surface area contributed by atoms with Crippen molar-refractivity contribution < 1.29 is 24.5 Å². The first-order chi connectivity index (χ1) is 12.8. The summed E-state index contributed by atoms with van der Waals surface area (Å²) in [5, 5.41) is 19.9. The Morgan fingerprint density at radius 1 is 1.19 bits per heavy atom. The highest BCUT2D eigenvalue weighted by molar-refractivity contribution is 5.89. The van der Waals surface area contributed by atoms with E-state index in [0.717, 1.165) is 18.5 Å². The van der Waals surface area contributed by atoms with Gasteiger partial charge in [-0.3, -0.25) is 4.90 Å². The van der Waals surface area contributed by atoms with Gasteiger partial charge in [0.05, 0.1) is 24.4 Å². The van der Waals surface area contributed by atoms with Gasteiger partial charge in [-0.1, -0.05) is 19.1 Å². The number of nitrogens with zero attached hydrogens (tertiary/aromatic N) is 1. The Labute approximate surface area is 161 Å². The van der Waals surface area contributed by atoms with Crippen LogP contribution in [0.1, 0.15) is 39.2 Å². The SMILES string of the molecule is C[C@@H]1[C@@H](C(C)(C)O)[C@H](CCO)O[C@@H]1CCc1ccc(N2CCOC2=O)cc1. The molecule has 0 aliphatic carbocycles. The summed E-state index contributed by atoms with van der Waals surface area (Å²) < 4.78 is 11.2. The zero-order valence-corrected chi connectivity index (χ0v) is 16.4. The topological polar surface area (TPSA) is 79.2 Å². The number of benzene rings is 1. The minimum absolute atomic E-state index is 0.0122. The summed E-state index contributed by atoms with van der Waals surface area (Å²) in [6, 6.07) is 7.99. The van der Waals surface area contributed by atoms with Crippen molar-refractivity contribution in [1.82, 2.24) is 0 Å². The van der Waals surface area contributed by atoms with Crippen LogP contribution in [0.5, 0.6) is 0 Å². The second kappa shape index (κ2) is 8.17. The maximum atomic E-state index is 11.6. The van der Waals surface area contributed by atoms with E-state index in [-0.39, 0.29) is 36.7 Å². The summed E-state index contributed by atoms with van der Waals surface area (Å²) in [6.45, 7) is 6.88. The van der Waals surface area contributed by atoms with Crippen molar-refractivity contribution >= 4 is 11.8 Å². The average Bonchev–Trinajstić information content (AvgIpc) is 3.17. The van der Waals surface area contributed by atoms with E-state index in [2.05, 4.69) is 6.92 Å². The van der Waals surface area contributed by atoms with Crippen LogP contribution in [0.2, 0.25) is 0 Å².